The average molecular weight is 569 g/mol. The van der Waals surface area contributed by atoms with Crippen molar-refractivity contribution in [3.05, 3.63) is 42.1 Å². The van der Waals surface area contributed by atoms with E-state index in [9.17, 15) is 24.3 Å². The number of aliphatic carboxylic acids is 1. The molecule has 220 valence electrons. The SMILES string of the molecule is CCOC(=O)N1CCN(C(=O)C(CCC(=O)O)NC(=O)c2cc(OC3CCNCC3)nc(-c3ccccc3)n2)CC1. The van der Waals surface area contributed by atoms with Gasteiger partial charge in [-0.05, 0) is 39.3 Å². The van der Waals surface area contributed by atoms with Crippen molar-refractivity contribution in [1.82, 2.24) is 30.4 Å². The molecule has 41 heavy (non-hydrogen) atoms. The molecule has 2 aliphatic rings. The number of amides is 3. The summed E-state index contributed by atoms with van der Waals surface area (Å²) in [6.45, 7) is 4.61. The molecule has 1 atom stereocenters. The first kappa shape index (κ1) is 29.7. The van der Waals surface area contributed by atoms with E-state index in [1.54, 1.807) is 6.92 Å². The Morgan fingerprint density at radius 3 is 2.39 bits per heavy atom. The summed E-state index contributed by atoms with van der Waals surface area (Å²) in [5.41, 5.74) is 0.693. The maximum atomic E-state index is 13.5. The molecule has 3 heterocycles. The van der Waals surface area contributed by atoms with Crippen LogP contribution in [-0.2, 0) is 14.3 Å². The van der Waals surface area contributed by atoms with Crippen molar-refractivity contribution in [2.24, 2.45) is 0 Å². The molecule has 2 saturated heterocycles. The van der Waals surface area contributed by atoms with E-state index >= 15 is 0 Å². The molecule has 0 bridgehead atoms. The van der Waals surface area contributed by atoms with Crippen LogP contribution in [0.4, 0.5) is 4.79 Å². The highest BCUT2D eigenvalue weighted by molar-refractivity contribution is 5.96. The van der Waals surface area contributed by atoms with E-state index in [0.717, 1.165) is 25.9 Å². The summed E-state index contributed by atoms with van der Waals surface area (Å²) in [6.07, 6.45) is 0.651. The second-order valence-corrected chi connectivity index (χ2v) is 9.82. The molecule has 0 spiro atoms. The van der Waals surface area contributed by atoms with Gasteiger partial charge in [0.2, 0.25) is 11.8 Å². The molecule has 1 unspecified atom stereocenters. The van der Waals surface area contributed by atoms with Crippen LogP contribution in [0.2, 0.25) is 0 Å². The third-order valence-corrected chi connectivity index (χ3v) is 6.91. The monoisotopic (exact) mass is 568 g/mol. The molecule has 0 aliphatic carbocycles. The van der Waals surface area contributed by atoms with Gasteiger partial charge in [-0.15, -0.1) is 0 Å². The smallest absolute Gasteiger partial charge is 0.409 e. The summed E-state index contributed by atoms with van der Waals surface area (Å²) >= 11 is 0. The zero-order valence-electron chi connectivity index (χ0n) is 23.1. The molecule has 4 rings (SSSR count). The quantitative estimate of drug-likeness (QED) is 0.383. The Labute approximate surface area is 238 Å². The number of nitrogens with one attached hydrogen (secondary N) is 2. The fourth-order valence-corrected chi connectivity index (χ4v) is 4.70. The van der Waals surface area contributed by atoms with Gasteiger partial charge in [-0.2, -0.15) is 4.98 Å². The number of piperidine rings is 1. The molecule has 3 amide bonds. The Bertz CT molecular complexity index is 1210. The summed E-state index contributed by atoms with van der Waals surface area (Å²) in [6, 6.07) is 9.51. The van der Waals surface area contributed by atoms with E-state index in [4.69, 9.17) is 9.47 Å². The van der Waals surface area contributed by atoms with Crippen LogP contribution in [0, 0.1) is 0 Å². The van der Waals surface area contributed by atoms with Gasteiger partial charge in [-0.1, -0.05) is 30.3 Å². The Balaban J connectivity index is 1.52. The van der Waals surface area contributed by atoms with Crippen molar-refractivity contribution in [2.45, 2.75) is 44.8 Å². The molecular weight excluding hydrogens is 532 g/mol. The summed E-state index contributed by atoms with van der Waals surface area (Å²) in [4.78, 5) is 62.3. The third kappa shape index (κ3) is 8.37. The lowest BCUT2D eigenvalue weighted by Crippen LogP contribution is -2.56. The second kappa shape index (κ2) is 14.4. The molecule has 13 nitrogen and oxygen atoms in total. The minimum Gasteiger partial charge on any atom is -0.481 e. The molecule has 2 aliphatic heterocycles. The maximum absolute atomic E-state index is 13.5. The van der Waals surface area contributed by atoms with E-state index in [2.05, 4.69) is 20.6 Å². The standard InChI is InChI=1S/C28H36N6O7/c1-2-40-28(39)34-16-14-33(15-17-34)27(38)21(8-9-24(35)36)31-26(37)22-18-23(41-20-10-12-29-13-11-20)32-25(30-22)19-6-4-3-5-7-19/h3-7,18,20-21,29H,2,8-17H2,1H3,(H,31,37)(H,35,36). The number of ether oxygens (including phenoxy) is 2. The maximum Gasteiger partial charge on any atom is 0.409 e. The topological polar surface area (TPSA) is 163 Å². The predicted molar refractivity (Wildman–Crippen MR) is 147 cm³/mol. The average Bonchev–Trinajstić information content (AvgIpc) is 2.99. The minimum atomic E-state index is -1.10. The number of piperazine rings is 1. The molecule has 0 saturated carbocycles. The van der Waals surface area contributed by atoms with Gasteiger partial charge < -0.3 is 35.0 Å². The lowest BCUT2D eigenvalue weighted by atomic mass is 10.1. The van der Waals surface area contributed by atoms with Gasteiger partial charge in [0.1, 0.15) is 17.8 Å². The first-order valence-corrected chi connectivity index (χ1v) is 13.9. The number of carbonyl (C=O) groups is 4. The molecule has 13 heteroatoms. The van der Waals surface area contributed by atoms with Gasteiger partial charge in [0.25, 0.3) is 5.91 Å². The molecule has 0 radical (unpaired) electrons. The van der Waals surface area contributed by atoms with E-state index in [1.165, 1.54) is 15.9 Å². The normalized spacial score (nSPS) is 16.5. The van der Waals surface area contributed by atoms with Crippen LogP contribution >= 0.6 is 0 Å². The number of aromatic nitrogens is 2. The number of hydrogen-bond donors (Lipinski definition) is 3. The molecule has 3 N–H and O–H groups in total. The predicted octanol–water partition coefficient (Wildman–Crippen LogP) is 1.54. The number of carboxylic acids is 1. The van der Waals surface area contributed by atoms with Crippen molar-refractivity contribution in [3.8, 4) is 17.3 Å². The van der Waals surface area contributed by atoms with Crippen molar-refractivity contribution >= 4 is 23.9 Å². The fraction of sp³-hybridized carbons (Fsp3) is 0.500. The Kier molecular flexibility index (Phi) is 10.4. The van der Waals surface area contributed by atoms with Crippen LogP contribution in [0.1, 0.15) is 43.1 Å². The first-order valence-electron chi connectivity index (χ1n) is 13.9. The van der Waals surface area contributed by atoms with E-state index < -0.39 is 29.9 Å². The second-order valence-electron chi connectivity index (χ2n) is 9.82. The van der Waals surface area contributed by atoms with Gasteiger partial charge in [-0.25, -0.2) is 9.78 Å². The zero-order valence-corrected chi connectivity index (χ0v) is 23.1. The van der Waals surface area contributed by atoms with Crippen LogP contribution in [0.3, 0.4) is 0 Å². The van der Waals surface area contributed by atoms with Gasteiger partial charge in [0, 0.05) is 44.2 Å². The van der Waals surface area contributed by atoms with Crippen molar-refractivity contribution in [3.63, 3.8) is 0 Å². The van der Waals surface area contributed by atoms with E-state index in [0.29, 0.717) is 11.4 Å². The number of carboxylic acid groups (broad SMARTS) is 1. The molecule has 2 fully saturated rings. The van der Waals surface area contributed by atoms with Crippen molar-refractivity contribution in [1.29, 1.82) is 0 Å². The van der Waals surface area contributed by atoms with Crippen molar-refractivity contribution < 1.29 is 33.8 Å². The molecule has 1 aromatic heterocycles. The number of rotatable bonds is 10. The number of nitrogens with zero attached hydrogens (tertiary/aromatic N) is 4. The minimum absolute atomic E-state index is 0.00282. The van der Waals surface area contributed by atoms with Crippen LogP contribution in [-0.4, -0.2) is 107 Å². The Morgan fingerprint density at radius 2 is 1.73 bits per heavy atom. The summed E-state index contributed by atoms with van der Waals surface area (Å²) in [7, 11) is 0. The van der Waals surface area contributed by atoms with Gasteiger partial charge >= 0.3 is 12.1 Å². The van der Waals surface area contributed by atoms with Crippen molar-refractivity contribution in [2.75, 3.05) is 45.9 Å². The first-order chi connectivity index (χ1) is 19.8. The number of hydrogen-bond acceptors (Lipinski definition) is 9. The summed E-state index contributed by atoms with van der Waals surface area (Å²) in [5.74, 6) is -1.61. The summed E-state index contributed by atoms with van der Waals surface area (Å²) < 4.78 is 11.1. The van der Waals surface area contributed by atoms with Gasteiger partial charge in [0.05, 0.1) is 6.61 Å². The van der Waals surface area contributed by atoms with E-state index in [1.807, 2.05) is 30.3 Å². The number of carbonyl (C=O) groups excluding carboxylic acids is 3. The number of benzene rings is 1. The van der Waals surface area contributed by atoms with Crippen LogP contribution in [0.15, 0.2) is 36.4 Å². The molecule has 2 aromatic rings. The molecule has 1 aromatic carbocycles. The highest BCUT2D eigenvalue weighted by Crippen LogP contribution is 2.22. The molecular formula is C28H36N6O7. The van der Waals surface area contributed by atoms with Gasteiger partial charge in [0.15, 0.2) is 5.82 Å². The lowest BCUT2D eigenvalue weighted by Gasteiger charge is -2.35. The zero-order chi connectivity index (χ0) is 29.2. The Hall–Kier alpha value is -4.26. The highest BCUT2D eigenvalue weighted by Gasteiger charge is 2.31. The van der Waals surface area contributed by atoms with Gasteiger partial charge in [-0.3, -0.25) is 14.4 Å². The van der Waals surface area contributed by atoms with Crippen LogP contribution in [0.5, 0.6) is 5.88 Å². The lowest BCUT2D eigenvalue weighted by molar-refractivity contribution is -0.138. The Morgan fingerprint density at radius 1 is 1.05 bits per heavy atom. The summed E-state index contributed by atoms with van der Waals surface area (Å²) in [5, 5.41) is 15.2. The van der Waals surface area contributed by atoms with Crippen LogP contribution < -0.4 is 15.4 Å². The fourth-order valence-electron chi connectivity index (χ4n) is 4.70. The largest absolute Gasteiger partial charge is 0.481 e. The third-order valence-electron chi connectivity index (χ3n) is 6.91. The van der Waals surface area contributed by atoms with Crippen LogP contribution in [0.25, 0.3) is 11.4 Å². The van der Waals surface area contributed by atoms with E-state index in [-0.39, 0.29) is 63.3 Å². The highest BCUT2D eigenvalue weighted by atomic mass is 16.6.